The molecular weight excluding hydrogens is 564 g/mol. The molecule has 0 radical (unpaired) electrons. The molecule has 1 N–H and O–H groups in total. The Morgan fingerprint density at radius 1 is 1.09 bits per heavy atom. The maximum atomic E-state index is 12.4. The van der Waals surface area contributed by atoms with Gasteiger partial charge in [-0.15, -0.1) is 0 Å². The van der Waals surface area contributed by atoms with E-state index in [0.717, 1.165) is 11.3 Å². The van der Waals surface area contributed by atoms with E-state index in [1.54, 1.807) is 25.1 Å². The molecule has 1 heterocycles. The van der Waals surface area contributed by atoms with Crippen LogP contribution in [0.5, 0.6) is 11.5 Å². The van der Waals surface area contributed by atoms with Crippen molar-refractivity contribution >= 4 is 72.4 Å². The Labute approximate surface area is 206 Å². The molecule has 0 unspecified atom stereocenters. The van der Waals surface area contributed by atoms with Gasteiger partial charge in [-0.1, -0.05) is 0 Å². The highest BCUT2D eigenvalue weighted by Gasteiger charge is 2.24. The summed E-state index contributed by atoms with van der Waals surface area (Å²) < 4.78 is 17.1. The first-order valence-corrected chi connectivity index (χ1v) is 12.1. The first kappa shape index (κ1) is 24.3. The maximum absolute atomic E-state index is 12.4. The molecule has 1 aliphatic rings. The number of halogens is 2. The number of ether oxygens (including phenoxy) is 3. The van der Waals surface area contributed by atoms with E-state index in [1.807, 2.05) is 31.2 Å². The molecule has 1 saturated heterocycles. The van der Waals surface area contributed by atoms with E-state index >= 15 is 0 Å². The molecule has 0 saturated carbocycles. The number of rotatable bonds is 8. The molecule has 168 valence electrons. The maximum Gasteiger partial charge on any atom is 0.344 e. The smallest absolute Gasteiger partial charge is 0.344 e. The molecular formula is C22H20Br2N2O5S. The second-order valence-electron chi connectivity index (χ2n) is 6.32. The second kappa shape index (κ2) is 11.5. The number of carbonyl (C=O) groups excluding carboxylic acids is 2. The molecule has 0 spiro atoms. The number of nitrogens with zero attached hydrogens (tertiary/aromatic N) is 1. The number of thioether (sulfide) groups is 1. The van der Waals surface area contributed by atoms with E-state index in [1.165, 1.54) is 11.8 Å². The zero-order valence-corrected chi connectivity index (χ0v) is 21.3. The summed E-state index contributed by atoms with van der Waals surface area (Å²) in [4.78, 5) is 28.9. The van der Waals surface area contributed by atoms with Crippen LogP contribution in [0, 0.1) is 0 Å². The number of carbonyl (C=O) groups is 2. The molecule has 7 nitrogen and oxygen atoms in total. The van der Waals surface area contributed by atoms with Crippen LogP contribution < -0.4 is 14.8 Å². The molecule has 0 bridgehead atoms. The van der Waals surface area contributed by atoms with Gasteiger partial charge in [-0.05, 0) is 106 Å². The Kier molecular flexibility index (Phi) is 8.77. The Morgan fingerprint density at radius 2 is 1.78 bits per heavy atom. The van der Waals surface area contributed by atoms with E-state index in [4.69, 9.17) is 14.2 Å². The predicted octanol–water partition coefficient (Wildman–Crippen LogP) is 5.44. The summed E-state index contributed by atoms with van der Waals surface area (Å²) in [6.45, 7) is 4.35. The molecule has 2 aromatic rings. The third-order valence-corrected chi connectivity index (χ3v) is 6.08. The first-order valence-electron chi connectivity index (χ1n) is 9.69. The quantitative estimate of drug-likeness (QED) is 0.329. The number of amides is 1. The summed E-state index contributed by atoms with van der Waals surface area (Å²) >= 11 is 8.15. The van der Waals surface area contributed by atoms with Gasteiger partial charge < -0.3 is 19.5 Å². The van der Waals surface area contributed by atoms with Crippen molar-refractivity contribution < 1.29 is 23.8 Å². The lowest BCUT2D eigenvalue weighted by atomic mass is 10.2. The van der Waals surface area contributed by atoms with Gasteiger partial charge in [0, 0.05) is 0 Å². The van der Waals surface area contributed by atoms with E-state index in [2.05, 4.69) is 42.2 Å². The molecule has 0 atom stereocenters. The molecule has 10 heteroatoms. The summed E-state index contributed by atoms with van der Waals surface area (Å²) in [5.74, 6) is 0.567. The van der Waals surface area contributed by atoms with E-state index in [9.17, 15) is 9.59 Å². The summed E-state index contributed by atoms with van der Waals surface area (Å²) in [6.07, 6.45) is 1.76. The van der Waals surface area contributed by atoms with Crippen molar-refractivity contribution in [2.45, 2.75) is 13.8 Å². The van der Waals surface area contributed by atoms with Crippen molar-refractivity contribution in [2.75, 3.05) is 19.8 Å². The lowest BCUT2D eigenvalue weighted by molar-refractivity contribution is -0.145. The van der Waals surface area contributed by atoms with Crippen molar-refractivity contribution in [1.82, 2.24) is 5.32 Å². The average molecular weight is 584 g/mol. The lowest BCUT2D eigenvalue weighted by Crippen LogP contribution is -2.19. The molecule has 2 aromatic carbocycles. The largest absolute Gasteiger partial charge is 0.494 e. The van der Waals surface area contributed by atoms with Crippen LogP contribution in [0.25, 0.3) is 6.08 Å². The number of amidine groups is 1. The average Bonchev–Trinajstić information content (AvgIpc) is 3.08. The topological polar surface area (TPSA) is 86.2 Å². The number of aliphatic imine (C=N–C) groups is 1. The van der Waals surface area contributed by atoms with E-state index in [-0.39, 0.29) is 12.5 Å². The van der Waals surface area contributed by atoms with Gasteiger partial charge in [-0.25, -0.2) is 9.79 Å². The van der Waals surface area contributed by atoms with Crippen molar-refractivity contribution in [3.63, 3.8) is 0 Å². The van der Waals surface area contributed by atoms with Crippen LogP contribution in [0.2, 0.25) is 0 Å². The van der Waals surface area contributed by atoms with Crippen LogP contribution in [0.4, 0.5) is 5.69 Å². The van der Waals surface area contributed by atoms with Gasteiger partial charge in [0.1, 0.15) is 11.5 Å². The molecule has 1 amide bonds. The molecule has 32 heavy (non-hydrogen) atoms. The highest BCUT2D eigenvalue weighted by Crippen LogP contribution is 2.37. The minimum absolute atomic E-state index is 0.199. The Hall–Kier alpha value is -2.30. The fraction of sp³-hybridized carbons (Fsp3) is 0.227. The van der Waals surface area contributed by atoms with Crippen molar-refractivity contribution in [3.8, 4) is 11.5 Å². The Balaban J connectivity index is 1.72. The standard InChI is InChI=1S/C22H20Br2N2O5S/c1-3-29-15-7-5-14(6-8-15)25-22-26-21(28)18(32-22)11-13-9-16(23)20(17(24)10-13)31-12-19(27)30-4-2/h5-11H,3-4,12H2,1-2H3,(H,25,26,28)/b18-11+. The van der Waals surface area contributed by atoms with Crippen LogP contribution in [-0.2, 0) is 14.3 Å². The SMILES string of the molecule is CCOC(=O)COc1c(Br)cc(/C=C2/SC(=Nc3ccc(OCC)cc3)NC2=O)cc1Br. The highest BCUT2D eigenvalue weighted by atomic mass is 79.9. The fourth-order valence-corrected chi connectivity index (χ4v) is 4.96. The van der Waals surface area contributed by atoms with Gasteiger partial charge in [-0.3, -0.25) is 4.79 Å². The lowest BCUT2D eigenvalue weighted by Gasteiger charge is -2.11. The summed E-state index contributed by atoms with van der Waals surface area (Å²) in [5, 5.41) is 3.27. The number of hydrogen-bond acceptors (Lipinski definition) is 7. The summed E-state index contributed by atoms with van der Waals surface area (Å²) in [7, 11) is 0. The highest BCUT2D eigenvalue weighted by molar-refractivity contribution is 9.11. The zero-order chi connectivity index (χ0) is 23.1. The van der Waals surface area contributed by atoms with E-state index < -0.39 is 5.97 Å². The van der Waals surface area contributed by atoms with Crippen LogP contribution in [0.1, 0.15) is 19.4 Å². The zero-order valence-electron chi connectivity index (χ0n) is 17.3. The summed E-state index contributed by atoms with van der Waals surface area (Å²) in [6, 6.07) is 10.9. The minimum Gasteiger partial charge on any atom is -0.494 e. The van der Waals surface area contributed by atoms with Gasteiger partial charge in [0.2, 0.25) is 0 Å². The van der Waals surface area contributed by atoms with Crippen LogP contribution in [-0.4, -0.2) is 36.9 Å². The van der Waals surface area contributed by atoms with Gasteiger partial charge in [0.15, 0.2) is 11.8 Å². The van der Waals surface area contributed by atoms with Gasteiger partial charge >= 0.3 is 5.97 Å². The Bertz CT molecular complexity index is 1050. The fourth-order valence-electron chi connectivity index (χ4n) is 2.67. The number of nitrogens with one attached hydrogen (secondary N) is 1. The summed E-state index contributed by atoms with van der Waals surface area (Å²) in [5.41, 5.74) is 1.48. The third kappa shape index (κ3) is 6.60. The number of esters is 1. The monoisotopic (exact) mass is 582 g/mol. The molecule has 3 rings (SSSR count). The predicted molar refractivity (Wildman–Crippen MR) is 132 cm³/mol. The number of benzene rings is 2. The molecule has 1 fully saturated rings. The first-order chi connectivity index (χ1) is 15.4. The van der Waals surface area contributed by atoms with Gasteiger partial charge in [-0.2, -0.15) is 0 Å². The van der Waals surface area contributed by atoms with E-state index in [0.29, 0.717) is 43.7 Å². The van der Waals surface area contributed by atoms with Crippen molar-refractivity contribution in [1.29, 1.82) is 0 Å². The van der Waals surface area contributed by atoms with Crippen LogP contribution in [0.3, 0.4) is 0 Å². The van der Waals surface area contributed by atoms with Crippen molar-refractivity contribution in [2.24, 2.45) is 4.99 Å². The normalized spacial score (nSPS) is 15.7. The Morgan fingerprint density at radius 3 is 2.41 bits per heavy atom. The van der Waals surface area contributed by atoms with Crippen LogP contribution >= 0.6 is 43.6 Å². The number of hydrogen-bond donors (Lipinski definition) is 1. The molecule has 1 aliphatic heterocycles. The van der Waals surface area contributed by atoms with Crippen LogP contribution in [0.15, 0.2) is 55.2 Å². The molecule has 0 aromatic heterocycles. The van der Waals surface area contributed by atoms with Crippen molar-refractivity contribution in [3.05, 3.63) is 55.8 Å². The minimum atomic E-state index is -0.448. The van der Waals surface area contributed by atoms with Gasteiger partial charge in [0.25, 0.3) is 5.91 Å². The third-order valence-electron chi connectivity index (χ3n) is 3.99. The van der Waals surface area contributed by atoms with Gasteiger partial charge in [0.05, 0.1) is 32.8 Å². The second-order valence-corrected chi connectivity index (χ2v) is 9.06. The molecule has 0 aliphatic carbocycles.